The number of hydrogen-bond acceptors (Lipinski definition) is 3. The molecule has 0 unspecified atom stereocenters. The van der Waals surface area contributed by atoms with Gasteiger partial charge in [-0.3, -0.25) is 4.79 Å². The number of phenolic OH excluding ortho intramolecular Hbond substituents is 1. The molecule has 1 radical (unpaired) electrons. The van der Waals surface area contributed by atoms with E-state index >= 15 is 0 Å². The van der Waals surface area contributed by atoms with Gasteiger partial charge < -0.3 is 9.67 Å². The molecule has 0 saturated carbocycles. The molecule has 0 aliphatic carbocycles. The molecule has 0 fully saturated rings. The van der Waals surface area contributed by atoms with Crippen LogP contribution in [0, 0.1) is 12.1 Å². The third kappa shape index (κ3) is 2.59. The van der Waals surface area contributed by atoms with Gasteiger partial charge in [0, 0.05) is 27.8 Å². The second kappa shape index (κ2) is 5.37. The Morgan fingerprint density at radius 1 is 1.29 bits per heavy atom. The summed E-state index contributed by atoms with van der Waals surface area (Å²) in [5.74, 6) is 0.527. The summed E-state index contributed by atoms with van der Waals surface area (Å²) in [5, 5.41) is 13.1. The maximum atomic E-state index is 12.6. The number of nitrogens with zero attached hydrogens (tertiary/aromatic N) is 1. The normalized spacial score (nSPS) is 11.4. The van der Waals surface area contributed by atoms with Crippen LogP contribution in [0.15, 0.2) is 40.5 Å². The van der Waals surface area contributed by atoms with E-state index < -0.39 is 0 Å². The lowest BCUT2D eigenvalue weighted by Crippen LogP contribution is -2.22. The lowest BCUT2D eigenvalue weighted by Gasteiger charge is -2.12. The van der Waals surface area contributed by atoms with Gasteiger partial charge >= 0.3 is 0 Å². The molecule has 0 aliphatic heterocycles. The van der Waals surface area contributed by atoms with Crippen molar-refractivity contribution in [1.29, 1.82) is 0 Å². The van der Waals surface area contributed by atoms with Gasteiger partial charge in [-0.1, -0.05) is 19.9 Å². The number of aromatic hydroxyl groups is 1. The van der Waals surface area contributed by atoms with Crippen LogP contribution in [0.1, 0.15) is 13.8 Å². The van der Waals surface area contributed by atoms with Gasteiger partial charge in [-0.15, -0.1) is 11.3 Å². The Bertz CT molecular complexity index is 832. The molecule has 4 heteroatoms. The summed E-state index contributed by atoms with van der Waals surface area (Å²) in [6.07, 6.45) is 3.22. The molecule has 0 atom stereocenters. The fraction of sp³-hybridized carbons (Fsp3) is 0.235. The first kappa shape index (κ1) is 13.9. The molecule has 107 valence electrons. The Hall–Kier alpha value is -2.07. The van der Waals surface area contributed by atoms with E-state index in [9.17, 15) is 9.90 Å². The topological polar surface area (TPSA) is 42.2 Å². The third-order valence-electron chi connectivity index (χ3n) is 3.31. The van der Waals surface area contributed by atoms with Crippen LogP contribution in [0.2, 0.25) is 0 Å². The first-order valence-electron chi connectivity index (χ1n) is 6.89. The average molecular weight is 298 g/mol. The largest absolute Gasteiger partial charge is 0.508 e. The summed E-state index contributed by atoms with van der Waals surface area (Å²) < 4.78 is 1.65. The number of aromatic nitrogens is 1. The van der Waals surface area contributed by atoms with Crippen LogP contribution >= 0.6 is 11.3 Å². The monoisotopic (exact) mass is 298 g/mol. The molecule has 0 spiro atoms. The van der Waals surface area contributed by atoms with Crippen molar-refractivity contribution in [2.24, 2.45) is 5.92 Å². The maximum Gasteiger partial charge on any atom is 0.258 e. The standard InChI is InChI=1S/C17H16NO2S/c1-11(2)9-18-10-15(16-4-3-7-21-16)14-8-12(19)5-6-13(14)17(18)20/h3-8,11,19H,9H2,1-2H3. The molecular weight excluding hydrogens is 282 g/mol. The smallest absolute Gasteiger partial charge is 0.258 e. The van der Waals surface area contributed by atoms with Gasteiger partial charge in [0.15, 0.2) is 0 Å². The van der Waals surface area contributed by atoms with Crippen LogP contribution < -0.4 is 5.56 Å². The second-order valence-electron chi connectivity index (χ2n) is 5.50. The van der Waals surface area contributed by atoms with Gasteiger partial charge in [-0.2, -0.15) is 0 Å². The van der Waals surface area contributed by atoms with E-state index in [1.165, 1.54) is 0 Å². The van der Waals surface area contributed by atoms with Crippen molar-refractivity contribution in [3.8, 4) is 16.2 Å². The second-order valence-corrected chi connectivity index (χ2v) is 6.45. The Kier molecular flexibility index (Phi) is 3.55. The first-order chi connectivity index (χ1) is 10.1. The third-order valence-corrected chi connectivity index (χ3v) is 4.20. The zero-order valence-corrected chi connectivity index (χ0v) is 12.8. The van der Waals surface area contributed by atoms with Crippen molar-refractivity contribution in [2.45, 2.75) is 20.4 Å². The molecule has 3 aromatic rings. The van der Waals surface area contributed by atoms with Gasteiger partial charge in [0.2, 0.25) is 0 Å². The molecule has 0 amide bonds. The van der Waals surface area contributed by atoms with E-state index in [1.807, 2.05) is 17.5 Å². The van der Waals surface area contributed by atoms with E-state index in [0.717, 1.165) is 15.8 Å². The molecule has 1 aromatic carbocycles. The van der Waals surface area contributed by atoms with Crippen LogP contribution in [-0.4, -0.2) is 9.67 Å². The molecule has 3 nitrogen and oxygen atoms in total. The number of pyridine rings is 1. The predicted molar refractivity (Wildman–Crippen MR) is 86.9 cm³/mol. The number of rotatable bonds is 3. The molecule has 0 saturated heterocycles. The number of fused-ring (bicyclic) bond motifs is 1. The number of benzene rings is 1. The SMILES string of the molecule is CC(C)Cn1[c]c(-c2cccs2)c2cc(O)ccc2c1=O. The molecule has 3 rings (SSSR count). The highest BCUT2D eigenvalue weighted by Crippen LogP contribution is 2.31. The Labute approximate surface area is 127 Å². The van der Waals surface area contributed by atoms with Crippen molar-refractivity contribution in [2.75, 3.05) is 0 Å². The predicted octanol–water partition coefficient (Wildman–Crippen LogP) is 3.89. The molecule has 2 heterocycles. The molecule has 0 bridgehead atoms. The van der Waals surface area contributed by atoms with Crippen LogP contribution in [0.3, 0.4) is 0 Å². The average Bonchev–Trinajstić information content (AvgIpc) is 2.95. The van der Waals surface area contributed by atoms with Crippen LogP contribution in [0.25, 0.3) is 21.2 Å². The van der Waals surface area contributed by atoms with E-state index in [4.69, 9.17) is 0 Å². The molecule has 0 aliphatic rings. The lowest BCUT2D eigenvalue weighted by molar-refractivity contribution is 0.476. The highest BCUT2D eigenvalue weighted by Gasteiger charge is 2.13. The van der Waals surface area contributed by atoms with E-state index in [-0.39, 0.29) is 11.3 Å². The van der Waals surface area contributed by atoms with Gasteiger partial charge in [0.25, 0.3) is 5.56 Å². The van der Waals surface area contributed by atoms with Crippen LogP contribution in [0.5, 0.6) is 5.75 Å². The molecular formula is C17H16NO2S. The Balaban J connectivity index is 2.35. The van der Waals surface area contributed by atoms with Gasteiger partial charge in [-0.25, -0.2) is 0 Å². The van der Waals surface area contributed by atoms with Crippen LogP contribution in [-0.2, 0) is 6.54 Å². The van der Waals surface area contributed by atoms with Gasteiger partial charge in [-0.05, 0) is 35.6 Å². The molecule has 21 heavy (non-hydrogen) atoms. The van der Waals surface area contributed by atoms with Crippen molar-refractivity contribution in [3.63, 3.8) is 0 Å². The highest BCUT2D eigenvalue weighted by molar-refractivity contribution is 7.13. The summed E-state index contributed by atoms with van der Waals surface area (Å²) in [4.78, 5) is 13.6. The zero-order chi connectivity index (χ0) is 15.0. The fourth-order valence-corrected chi connectivity index (χ4v) is 3.15. The van der Waals surface area contributed by atoms with E-state index in [0.29, 0.717) is 17.8 Å². The van der Waals surface area contributed by atoms with Crippen molar-refractivity contribution >= 4 is 22.1 Å². The quantitative estimate of drug-likeness (QED) is 0.797. The summed E-state index contributed by atoms with van der Waals surface area (Å²) in [7, 11) is 0. The van der Waals surface area contributed by atoms with E-state index in [2.05, 4.69) is 20.0 Å². The van der Waals surface area contributed by atoms with Gasteiger partial charge in [0.05, 0.1) is 6.20 Å². The minimum atomic E-state index is -0.0565. The van der Waals surface area contributed by atoms with Gasteiger partial charge in [0.1, 0.15) is 5.75 Å². The summed E-state index contributed by atoms with van der Waals surface area (Å²) >= 11 is 1.60. The van der Waals surface area contributed by atoms with Crippen LogP contribution in [0.4, 0.5) is 0 Å². The van der Waals surface area contributed by atoms with Crippen molar-refractivity contribution in [1.82, 2.24) is 4.57 Å². The Morgan fingerprint density at radius 2 is 2.10 bits per heavy atom. The molecule has 2 aromatic heterocycles. The zero-order valence-electron chi connectivity index (χ0n) is 12.0. The maximum absolute atomic E-state index is 12.6. The minimum Gasteiger partial charge on any atom is -0.508 e. The minimum absolute atomic E-state index is 0.0565. The van der Waals surface area contributed by atoms with Crippen molar-refractivity contribution in [3.05, 3.63) is 52.3 Å². The number of hydrogen-bond donors (Lipinski definition) is 1. The fourth-order valence-electron chi connectivity index (χ4n) is 2.42. The number of thiophene rings is 1. The molecule has 1 N–H and O–H groups in total. The van der Waals surface area contributed by atoms with Crippen molar-refractivity contribution < 1.29 is 5.11 Å². The summed E-state index contributed by atoms with van der Waals surface area (Å²) in [6, 6.07) is 8.86. The highest BCUT2D eigenvalue weighted by atomic mass is 32.1. The number of phenols is 1. The lowest BCUT2D eigenvalue weighted by atomic mass is 10.1. The summed E-state index contributed by atoms with van der Waals surface area (Å²) in [6.45, 7) is 4.78. The first-order valence-corrected chi connectivity index (χ1v) is 7.77. The Morgan fingerprint density at radius 3 is 2.76 bits per heavy atom. The van der Waals surface area contributed by atoms with E-state index in [1.54, 1.807) is 34.1 Å². The summed E-state index contributed by atoms with van der Waals surface area (Å²) in [5.41, 5.74) is 0.815.